The van der Waals surface area contributed by atoms with E-state index in [0.717, 1.165) is 30.3 Å². The van der Waals surface area contributed by atoms with Crippen LogP contribution in [0.3, 0.4) is 0 Å². The minimum absolute atomic E-state index is 0.630. The maximum atomic E-state index is 6.25. The molecule has 2 unspecified atom stereocenters. The Balaban J connectivity index is 1.94. The maximum absolute atomic E-state index is 6.25. The van der Waals surface area contributed by atoms with Crippen molar-refractivity contribution in [3.63, 3.8) is 0 Å². The molecule has 0 aromatic carbocycles. The van der Waals surface area contributed by atoms with Gasteiger partial charge in [-0.25, -0.2) is 9.97 Å². The van der Waals surface area contributed by atoms with Gasteiger partial charge in [-0.05, 0) is 38.0 Å². The molecule has 1 aromatic rings. The van der Waals surface area contributed by atoms with Crippen LogP contribution in [0.5, 0.6) is 0 Å². The summed E-state index contributed by atoms with van der Waals surface area (Å²) in [5.74, 6) is 1.96. The predicted molar refractivity (Wildman–Crippen MR) is 78.7 cm³/mol. The van der Waals surface area contributed by atoms with E-state index in [1.54, 1.807) is 6.33 Å². The minimum atomic E-state index is 0.630. The highest BCUT2D eigenvalue weighted by Crippen LogP contribution is 2.38. The van der Waals surface area contributed by atoms with Crippen LogP contribution in [0.1, 0.15) is 51.0 Å². The van der Waals surface area contributed by atoms with Crippen molar-refractivity contribution in [2.45, 2.75) is 57.9 Å². The number of halogens is 1. The first-order chi connectivity index (χ1) is 9.31. The molecule has 2 aliphatic rings. The van der Waals surface area contributed by atoms with E-state index in [1.807, 2.05) is 0 Å². The second kappa shape index (κ2) is 5.66. The van der Waals surface area contributed by atoms with Gasteiger partial charge in [0.05, 0.1) is 0 Å². The fourth-order valence-electron chi connectivity index (χ4n) is 3.82. The zero-order valence-electron chi connectivity index (χ0n) is 11.6. The van der Waals surface area contributed by atoms with E-state index >= 15 is 0 Å². The molecule has 0 bridgehead atoms. The second-order valence-corrected chi connectivity index (χ2v) is 6.13. The van der Waals surface area contributed by atoms with Gasteiger partial charge in [0.2, 0.25) is 0 Å². The predicted octanol–water partition coefficient (Wildman–Crippen LogP) is 3.85. The number of fused-ring (bicyclic) bond motifs is 1. The van der Waals surface area contributed by atoms with Gasteiger partial charge in [-0.1, -0.05) is 31.4 Å². The lowest BCUT2D eigenvalue weighted by molar-refractivity contribution is 0.242. The van der Waals surface area contributed by atoms with E-state index in [4.69, 9.17) is 11.6 Å². The number of hydrogen-bond acceptors (Lipinski definition) is 3. The smallest absolute Gasteiger partial charge is 0.137 e. The van der Waals surface area contributed by atoms with Crippen LogP contribution in [0.4, 0.5) is 5.82 Å². The van der Waals surface area contributed by atoms with E-state index < -0.39 is 0 Å². The van der Waals surface area contributed by atoms with Crippen LogP contribution in [0, 0.1) is 5.92 Å². The summed E-state index contributed by atoms with van der Waals surface area (Å²) in [6.07, 6.45) is 10.7. The zero-order chi connectivity index (χ0) is 13.2. The topological polar surface area (TPSA) is 29.0 Å². The fraction of sp³-hybridized carbons (Fsp3) is 0.733. The molecular weight excluding hydrogens is 258 g/mol. The molecule has 0 radical (unpaired) electrons. The average molecular weight is 280 g/mol. The first kappa shape index (κ1) is 13.2. The minimum Gasteiger partial charge on any atom is -0.353 e. The molecule has 1 aromatic heterocycles. The van der Waals surface area contributed by atoms with Crippen molar-refractivity contribution in [2.75, 3.05) is 11.4 Å². The van der Waals surface area contributed by atoms with Crippen LogP contribution >= 0.6 is 11.6 Å². The number of rotatable bonds is 2. The number of anilines is 1. The molecule has 1 saturated carbocycles. The highest BCUT2D eigenvalue weighted by atomic mass is 35.5. The van der Waals surface area contributed by atoms with E-state index in [9.17, 15) is 0 Å². The summed E-state index contributed by atoms with van der Waals surface area (Å²) in [6.45, 7) is 3.26. The lowest BCUT2D eigenvalue weighted by Crippen LogP contribution is -2.47. The third-order valence-electron chi connectivity index (χ3n) is 4.74. The maximum Gasteiger partial charge on any atom is 0.137 e. The molecule has 3 rings (SSSR count). The first-order valence-corrected chi connectivity index (χ1v) is 7.95. The summed E-state index contributed by atoms with van der Waals surface area (Å²) >= 11 is 6.25. The van der Waals surface area contributed by atoms with Crippen LogP contribution in [0.15, 0.2) is 6.33 Å². The molecule has 0 spiro atoms. The molecular formula is C15H22ClN3. The van der Waals surface area contributed by atoms with Gasteiger partial charge in [0, 0.05) is 18.2 Å². The molecule has 2 atom stereocenters. The zero-order valence-corrected chi connectivity index (χ0v) is 12.4. The molecule has 3 nitrogen and oxygen atoms in total. The SMILES string of the molecule is CCc1c(Cl)ncnc1N1CCCC2CCCCC21. The lowest BCUT2D eigenvalue weighted by atomic mass is 9.78. The summed E-state index contributed by atoms with van der Waals surface area (Å²) in [6, 6.07) is 0.679. The summed E-state index contributed by atoms with van der Waals surface area (Å²) in [5, 5.41) is 0.630. The van der Waals surface area contributed by atoms with Crippen molar-refractivity contribution in [3.05, 3.63) is 17.0 Å². The van der Waals surface area contributed by atoms with Crippen LogP contribution in [-0.4, -0.2) is 22.6 Å². The standard InChI is InChI=1S/C15H22ClN3/c1-2-12-14(16)17-10-18-15(12)19-9-5-7-11-6-3-4-8-13(11)19/h10-11,13H,2-9H2,1H3. The van der Waals surface area contributed by atoms with Crippen molar-refractivity contribution < 1.29 is 0 Å². The van der Waals surface area contributed by atoms with Gasteiger partial charge in [-0.3, -0.25) is 0 Å². The van der Waals surface area contributed by atoms with Gasteiger partial charge in [0.25, 0.3) is 0 Å². The Morgan fingerprint density at radius 3 is 2.84 bits per heavy atom. The van der Waals surface area contributed by atoms with Crippen LogP contribution in [-0.2, 0) is 6.42 Å². The fourth-order valence-corrected chi connectivity index (χ4v) is 4.08. The Morgan fingerprint density at radius 1 is 1.21 bits per heavy atom. The molecule has 0 amide bonds. The van der Waals surface area contributed by atoms with E-state index in [1.165, 1.54) is 38.5 Å². The third kappa shape index (κ3) is 2.45. The molecule has 2 heterocycles. The van der Waals surface area contributed by atoms with Gasteiger partial charge in [-0.2, -0.15) is 0 Å². The molecule has 19 heavy (non-hydrogen) atoms. The van der Waals surface area contributed by atoms with Crippen molar-refractivity contribution in [1.29, 1.82) is 0 Å². The molecule has 0 N–H and O–H groups in total. The Bertz CT molecular complexity index is 447. The van der Waals surface area contributed by atoms with Gasteiger partial charge in [-0.15, -0.1) is 0 Å². The monoisotopic (exact) mass is 279 g/mol. The largest absolute Gasteiger partial charge is 0.353 e. The molecule has 1 saturated heterocycles. The van der Waals surface area contributed by atoms with Crippen LogP contribution < -0.4 is 4.90 Å². The first-order valence-electron chi connectivity index (χ1n) is 7.57. The van der Waals surface area contributed by atoms with Gasteiger partial charge in [0.1, 0.15) is 17.3 Å². The molecule has 1 aliphatic heterocycles. The van der Waals surface area contributed by atoms with Crippen LogP contribution in [0.2, 0.25) is 5.15 Å². The Morgan fingerprint density at radius 2 is 2.00 bits per heavy atom. The molecule has 4 heteroatoms. The Hall–Kier alpha value is -0.830. The normalized spacial score (nSPS) is 27.2. The van der Waals surface area contributed by atoms with E-state index in [2.05, 4.69) is 21.8 Å². The van der Waals surface area contributed by atoms with E-state index in [-0.39, 0.29) is 0 Å². The van der Waals surface area contributed by atoms with Crippen molar-refractivity contribution in [2.24, 2.45) is 5.92 Å². The van der Waals surface area contributed by atoms with Crippen LogP contribution in [0.25, 0.3) is 0 Å². The highest BCUT2D eigenvalue weighted by Gasteiger charge is 2.34. The van der Waals surface area contributed by atoms with E-state index in [0.29, 0.717) is 11.2 Å². The Kier molecular flexibility index (Phi) is 3.92. The van der Waals surface area contributed by atoms with Crippen molar-refractivity contribution in [1.82, 2.24) is 9.97 Å². The molecule has 2 fully saturated rings. The highest BCUT2D eigenvalue weighted by molar-refractivity contribution is 6.30. The van der Waals surface area contributed by atoms with Crippen molar-refractivity contribution >= 4 is 17.4 Å². The molecule has 1 aliphatic carbocycles. The van der Waals surface area contributed by atoms with Gasteiger partial charge < -0.3 is 4.90 Å². The van der Waals surface area contributed by atoms with Gasteiger partial charge >= 0.3 is 0 Å². The Labute approximate surface area is 120 Å². The second-order valence-electron chi connectivity index (χ2n) is 5.77. The number of hydrogen-bond donors (Lipinski definition) is 0. The number of aromatic nitrogens is 2. The lowest BCUT2D eigenvalue weighted by Gasteiger charge is -2.45. The molecule has 104 valence electrons. The average Bonchev–Trinajstić information content (AvgIpc) is 2.46. The summed E-state index contributed by atoms with van der Waals surface area (Å²) in [7, 11) is 0. The quantitative estimate of drug-likeness (QED) is 0.770. The summed E-state index contributed by atoms with van der Waals surface area (Å²) in [5.41, 5.74) is 1.12. The third-order valence-corrected chi connectivity index (χ3v) is 5.06. The number of nitrogens with zero attached hydrogens (tertiary/aromatic N) is 3. The van der Waals surface area contributed by atoms with Crippen molar-refractivity contribution in [3.8, 4) is 0 Å². The van der Waals surface area contributed by atoms with Gasteiger partial charge in [0.15, 0.2) is 0 Å². The summed E-state index contributed by atoms with van der Waals surface area (Å²) < 4.78 is 0. The number of piperidine rings is 1. The summed E-state index contributed by atoms with van der Waals surface area (Å²) in [4.78, 5) is 11.2.